The van der Waals surface area contributed by atoms with E-state index in [0.29, 0.717) is 6.04 Å². The van der Waals surface area contributed by atoms with Gasteiger partial charge in [0.1, 0.15) is 0 Å². The number of hydrogen-bond donors (Lipinski definition) is 1. The maximum Gasteiger partial charge on any atom is 0.0662 e. The highest BCUT2D eigenvalue weighted by Gasteiger charge is 2.24. The molecule has 0 saturated carbocycles. The van der Waals surface area contributed by atoms with Crippen molar-refractivity contribution in [3.63, 3.8) is 0 Å². The van der Waals surface area contributed by atoms with E-state index in [1.807, 2.05) is 17.9 Å². The van der Waals surface area contributed by atoms with Crippen molar-refractivity contribution in [2.24, 2.45) is 7.05 Å². The van der Waals surface area contributed by atoms with E-state index in [1.54, 1.807) is 0 Å². The van der Waals surface area contributed by atoms with Gasteiger partial charge in [-0.05, 0) is 24.8 Å². The molecule has 4 rings (SSSR count). The van der Waals surface area contributed by atoms with E-state index in [2.05, 4.69) is 62.9 Å². The van der Waals surface area contributed by atoms with Gasteiger partial charge in [0.15, 0.2) is 0 Å². The van der Waals surface area contributed by atoms with Crippen LogP contribution in [0.25, 0.3) is 0 Å². The zero-order chi connectivity index (χ0) is 16.4. The zero-order valence-electron chi connectivity index (χ0n) is 14.0. The smallest absolute Gasteiger partial charge is 0.0662 e. The van der Waals surface area contributed by atoms with Gasteiger partial charge in [0.25, 0.3) is 0 Å². The van der Waals surface area contributed by atoms with E-state index in [0.717, 1.165) is 19.5 Å². The van der Waals surface area contributed by atoms with Gasteiger partial charge in [0.2, 0.25) is 0 Å². The first-order chi connectivity index (χ1) is 11.8. The molecule has 1 atom stereocenters. The van der Waals surface area contributed by atoms with Crippen molar-refractivity contribution in [2.45, 2.75) is 38.4 Å². The van der Waals surface area contributed by atoms with Crippen LogP contribution in [0.15, 0.2) is 48.9 Å². The van der Waals surface area contributed by atoms with Crippen LogP contribution in [0.1, 0.15) is 41.3 Å². The average Bonchev–Trinajstić information content (AvgIpc) is 3.21. The molecule has 1 aliphatic carbocycles. The second-order valence-corrected chi connectivity index (χ2v) is 6.54. The number of aryl methyl sites for hydroxylation is 1. The lowest BCUT2D eigenvalue weighted by molar-refractivity contribution is 0.449. The summed E-state index contributed by atoms with van der Waals surface area (Å²) in [5.74, 6) is 0. The molecule has 5 nitrogen and oxygen atoms in total. The Kier molecular flexibility index (Phi) is 4.17. The van der Waals surface area contributed by atoms with Crippen molar-refractivity contribution in [1.82, 2.24) is 24.9 Å². The molecule has 2 heterocycles. The summed E-state index contributed by atoms with van der Waals surface area (Å²) in [6.45, 7) is 1.70. The van der Waals surface area contributed by atoms with Crippen molar-refractivity contribution in [2.75, 3.05) is 0 Å². The predicted molar refractivity (Wildman–Crippen MR) is 93.5 cm³/mol. The van der Waals surface area contributed by atoms with Crippen molar-refractivity contribution in [3.05, 3.63) is 71.3 Å². The SMILES string of the molecule is Cn1cc(CN[C@H]2CCCc3c2cnn3Cc2ccccc2)cn1. The summed E-state index contributed by atoms with van der Waals surface area (Å²) in [5, 5.41) is 12.6. The van der Waals surface area contributed by atoms with E-state index >= 15 is 0 Å². The van der Waals surface area contributed by atoms with Gasteiger partial charge in [-0.15, -0.1) is 0 Å². The highest BCUT2D eigenvalue weighted by Crippen LogP contribution is 2.30. The number of rotatable bonds is 5. The molecule has 0 bridgehead atoms. The molecule has 1 aromatic carbocycles. The van der Waals surface area contributed by atoms with Gasteiger partial charge in [-0.2, -0.15) is 10.2 Å². The van der Waals surface area contributed by atoms with E-state index in [-0.39, 0.29) is 0 Å². The van der Waals surface area contributed by atoms with Crippen LogP contribution in [0.4, 0.5) is 0 Å². The van der Waals surface area contributed by atoms with Crippen molar-refractivity contribution in [1.29, 1.82) is 0 Å². The maximum atomic E-state index is 4.66. The van der Waals surface area contributed by atoms with Crippen LogP contribution in [0, 0.1) is 0 Å². The van der Waals surface area contributed by atoms with Crippen LogP contribution in [0.5, 0.6) is 0 Å². The Morgan fingerprint density at radius 2 is 2.00 bits per heavy atom. The van der Waals surface area contributed by atoms with Crippen molar-refractivity contribution in [3.8, 4) is 0 Å². The number of fused-ring (bicyclic) bond motifs is 1. The number of nitrogens with zero attached hydrogens (tertiary/aromatic N) is 4. The Morgan fingerprint density at radius 3 is 2.79 bits per heavy atom. The molecule has 2 aromatic heterocycles. The van der Waals surface area contributed by atoms with Crippen LogP contribution in [0.2, 0.25) is 0 Å². The zero-order valence-corrected chi connectivity index (χ0v) is 14.0. The molecule has 5 heteroatoms. The van der Waals surface area contributed by atoms with Gasteiger partial charge in [-0.3, -0.25) is 9.36 Å². The first-order valence-electron chi connectivity index (χ1n) is 8.59. The molecular formula is C19H23N5. The monoisotopic (exact) mass is 321 g/mol. The second kappa shape index (κ2) is 6.61. The summed E-state index contributed by atoms with van der Waals surface area (Å²) in [4.78, 5) is 0. The van der Waals surface area contributed by atoms with E-state index in [1.165, 1.54) is 35.2 Å². The van der Waals surface area contributed by atoms with Gasteiger partial charge in [-0.25, -0.2) is 0 Å². The number of nitrogens with one attached hydrogen (secondary N) is 1. The first kappa shape index (κ1) is 15.1. The molecule has 0 saturated heterocycles. The van der Waals surface area contributed by atoms with E-state index in [9.17, 15) is 0 Å². The minimum Gasteiger partial charge on any atom is -0.306 e. The highest BCUT2D eigenvalue weighted by atomic mass is 15.3. The first-order valence-corrected chi connectivity index (χ1v) is 8.59. The molecule has 24 heavy (non-hydrogen) atoms. The van der Waals surface area contributed by atoms with Crippen LogP contribution in [-0.4, -0.2) is 19.6 Å². The number of aromatic nitrogens is 4. The second-order valence-electron chi connectivity index (χ2n) is 6.54. The van der Waals surface area contributed by atoms with Gasteiger partial charge >= 0.3 is 0 Å². The highest BCUT2D eigenvalue weighted by molar-refractivity contribution is 5.26. The van der Waals surface area contributed by atoms with Crippen LogP contribution in [-0.2, 0) is 26.6 Å². The summed E-state index contributed by atoms with van der Waals surface area (Å²) in [5.41, 5.74) is 5.27. The summed E-state index contributed by atoms with van der Waals surface area (Å²) < 4.78 is 4.02. The van der Waals surface area contributed by atoms with Gasteiger partial charge in [-0.1, -0.05) is 30.3 Å². The largest absolute Gasteiger partial charge is 0.306 e. The predicted octanol–water partition coefficient (Wildman–Crippen LogP) is 2.83. The molecule has 0 spiro atoms. The van der Waals surface area contributed by atoms with E-state index < -0.39 is 0 Å². The molecular weight excluding hydrogens is 298 g/mol. The lowest BCUT2D eigenvalue weighted by atomic mass is 9.93. The third-order valence-corrected chi connectivity index (χ3v) is 4.75. The molecule has 0 radical (unpaired) electrons. The van der Waals surface area contributed by atoms with Crippen LogP contribution < -0.4 is 5.32 Å². The van der Waals surface area contributed by atoms with E-state index in [4.69, 9.17) is 0 Å². The third kappa shape index (κ3) is 3.12. The van der Waals surface area contributed by atoms with Crippen molar-refractivity contribution >= 4 is 0 Å². The Morgan fingerprint density at radius 1 is 1.12 bits per heavy atom. The molecule has 3 aromatic rings. The standard InChI is InChI=1S/C19H23N5/c1-23-13-16(11-21-23)10-20-18-8-5-9-19-17(18)12-22-24(19)14-15-6-3-2-4-7-15/h2-4,6-7,11-13,18,20H,5,8-10,14H2,1H3/t18-/m0/s1. The lowest BCUT2D eigenvalue weighted by Gasteiger charge is -2.24. The fraction of sp³-hybridized carbons (Fsp3) is 0.368. The Bertz CT molecular complexity index is 802. The topological polar surface area (TPSA) is 47.7 Å². The average molecular weight is 321 g/mol. The quantitative estimate of drug-likeness (QED) is 0.786. The van der Waals surface area contributed by atoms with Crippen LogP contribution in [0.3, 0.4) is 0 Å². The Labute approximate surface area is 142 Å². The summed E-state index contributed by atoms with van der Waals surface area (Å²) in [7, 11) is 1.95. The summed E-state index contributed by atoms with van der Waals surface area (Å²) in [6.07, 6.45) is 9.54. The minimum absolute atomic E-state index is 0.387. The number of hydrogen-bond acceptors (Lipinski definition) is 3. The molecule has 124 valence electrons. The third-order valence-electron chi connectivity index (χ3n) is 4.75. The molecule has 0 fully saturated rings. The molecule has 0 unspecified atom stereocenters. The molecule has 0 amide bonds. The molecule has 1 N–H and O–H groups in total. The van der Waals surface area contributed by atoms with Gasteiger partial charge in [0, 0.05) is 42.7 Å². The summed E-state index contributed by atoms with van der Waals surface area (Å²) >= 11 is 0. The normalized spacial score (nSPS) is 17.0. The Balaban J connectivity index is 1.49. The fourth-order valence-electron chi connectivity index (χ4n) is 3.53. The lowest BCUT2D eigenvalue weighted by Crippen LogP contribution is -2.25. The summed E-state index contributed by atoms with van der Waals surface area (Å²) in [6, 6.07) is 10.9. The molecule has 0 aliphatic heterocycles. The maximum absolute atomic E-state index is 4.66. The minimum atomic E-state index is 0.387. The number of benzene rings is 1. The fourth-order valence-corrected chi connectivity index (χ4v) is 3.53. The Hall–Kier alpha value is -2.40. The van der Waals surface area contributed by atoms with Crippen LogP contribution >= 0.6 is 0 Å². The van der Waals surface area contributed by atoms with Gasteiger partial charge in [0.05, 0.1) is 18.9 Å². The van der Waals surface area contributed by atoms with Gasteiger partial charge < -0.3 is 5.32 Å². The van der Waals surface area contributed by atoms with Crippen molar-refractivity contribution < 1.29 is 0 Å². The molecule has 1 aliphatic rings.